The van der Waals surface area contributed by atoms with Crippen molar-refractivity contribution in [3.05, 3.63) is 57.5 Å². The number of aromatic nitrogens is 2. The number of thiophene rings is 1. The van der Waals surface area contributed by atoms with E-state index in [1.807, 2.05) is 39.0 Å². The predicted molar refractivity (Wildman–Crippen MR) is 123 cm³/mol. The topological polar surface area (TPSA) is 84.7 Å². The molecule has 1 aromatic carbocycles. The molecule has 2 aromatic heterocycles. The quantitative estimate of drug-likeness (QED) is 0.568. The molecular formula is C22H26N4O4S2. The Labute approximate surface area is 192 Å². The van der Waals surface area contributed by atoms with Crippen molar-refractivity contribution >= 4 is 27.3 Å². The van der Waals surface area contributed by atoms with Gasteiger partial charge in [-0.25, -0.2) is 13.1 Å². The Morgan fingerprint density at radius 2 is 1.78 bits per heavy atom. The average Bonchev–Trinajstić information content (AvgIpc) is 3.40. The largest absolute Gasteiger partial charge is 0.494 e. The number of hydrogen-bond acceptors (Lipinski definition) is 6. The summed E-state index contributed by atoms with van der Waals surface area (Å²) in [6.45, 7) is 6.86. The highest BCUT2D eigenvalue weighted by atomic mass is 32.2. The van der Waals surface area contributed by atoms with Crippen molar-refractivity contribution in [2.75, 3.05) is 33.3 Å². The van der Waals surface area contributed by atoms with Gasteiger partial charge >= 0.3 is 0 Å². The summed E-state index contributed by atoms with van der Waals surface area (Å²) >= 11 is 1.48. The number of carbonyl (C=O) groups is 1. The van der Waals surface area contributed by atoms with Crippen LogP contribution in [0.5, 0.6) is 5.75 Å². The number of benzene rings is 1. The van der Waals surface area contributed by atoms with Crippen LogP contribution < -0.4 is 4.74 Å². The van der Waals surface area contributed by atoms with Crippen LogP contribution in [0, 0.1) is 20.8 Å². The molecule has 0 aliphatic carbocycles. The standard InChI is InChI=1S/C22H26N4O4S2/c1-15-5-6-20(30-4)19(13-15)26-8-7-18(23-26)22(27)24-9-11-25(12-10-24)32(28,29)21-14-16(2)31-17(21)3/h5-8,13-14H,9-12H2,1-4H3. The molecule has 0 N–H and O–H groups in total. The summed E-state index contributed by atoms with van der Waals surface area (Å²) in [4.78, 5) is 16.8. The second kappa shape index (κ2) is 8.68. The van der Waals surface area contributed by atoms with Crippen LogP contribution >= 0.6 is 11.3 Å². The third-order valence-electron chi connectivity index (χ3n) is 5.53. The molecule has 1 fully saturated rings. The van der Waals surface area contributed by atoms with E-state index in [0.717, 1.165) is 21.0 Å². The van der Waals surface area contributed by atoms with Gasteiger partial charge in [-0.2, -0.15) is 9.40 Å². The number of carbonyl (C=O) groups excluding carboxylic acids is 1. The molecule has 0 saturated carbocycles. The van der Waals surface area contributed by atoms with Crippen molar-refractivity contribution in [2.45, 2.75) is 25.7 Å². The molecule has 170 valence electrons. The molecule has 0 atom stereocenters. The fourth-order valence-electron chi connectivity index (χ4n) is 3.85. The van der Waals surface area contributed by atoms with E-state index in [1.165, 1.54) is 15.6 Å². The second-order valence-electron chi connectivity index (χ2n) is 7.79. The molecule has 0 spiro atoms. The van der Waals surface area contributed by atoms with Gasteiger partial charge in [0, 0.05) is 42.1 Å². The van der Waals surface area contributed by atoms with E-state index in [0.29, 0.717) is 29.4 Å². The second-order valence-corrected chi connectivity index (χ2v) is 11.2. The minimum atomic E-state index is -3.56. The summed E-state index contributed by atoms with van der Waals surface area (Å²) in [5.41, 5.74) is 2.12. The molecule has 32 heavy (non-hydrogen) atoms. The van der Waals surface area contributed by atoms with E-state index >= 15 is 0 Å². The molecule has 3 heterocycles. The molecule has 1 saturated heterocycles. The molecule has 3 aromatic rings. The Bertz CT molecular complexity index is 1250. The number of aryl methyl sites for hydroxylation is 3. The van der Waals surface area contributed by atoms with Gasteiger partial charge in [-0.1, -0.05) is 6.07 Å². The first-order chi connectivity index (χ1) is 15.2. The van der Waals surface area contributed by atoms with Crippen molar-refractivity contribution in [3.63, 3.8) is 0 Å². The van der Waals surface area contributed by atoms with Gasteiger partial charge in [0.25, 0.3) is 5.91 Å². The lowest BCUT2D eigenvalue weighted by Crippen LogP contribution is -2.50. The molecule has 8 nitrogen and oxygen atoms in total. The lowest BCUT2D eigenvalue weighted by molar-refractivity contribution is 0.0691. The zero-order chi connectivity index (χ0) is 23.0. The van der Waals surface area contributed by atoms with Gasteiger partial charge < -0.3 is 9.64 Å². The maximum Gasteiger partial charge on any atom is 0.274 e. The van der Waals surface area contributed by atoms with Crippen LogP contribution in [-0.2, 0) is 10.0 Å². The summed E-state index contributed by atoms with van der Waals surface area (Å²) in [6.07, 6.45) is 1.73. The maximum atomic E-state index is 13.0. The predicted octanol–water partition coefficient (Wildman–Crippen LogP) is 3.01. The van der Waals surface area contributed by atoms with Crippen molar-refractivity contribution in [2.24, 2.45) is 0 Å². The first kappa shape index (κ1) is 22.5. The molecule has 1 amide bonds. The van der Waals surface area contributed by atoms with Gasteiger partial charge in [-0.3, -0.25) is 4.79 Å². The van der Waals surface area contributed by atoms with Crippen LogP contribution in [0.15, 0.2) is 41.4 Å². The molecule has 1 aliphatic heterocycles. The van der Waals surface area contributed by atoms with Crippen LogP contribution in [-0.4, -0.2) is 66.6 Å². The Balaban J connectivity index is 1.47. The van der Waals surface area contributed by atoms with E-state index in [9.17, 15) is 13.2 Å². The highest BCUT2D eigenvalue weighted by Crippen LogP contribution is 2.28. The molecule has 0 bridgehead atoms. The van der Waals surface area contributed by atoms with E-state index in [1.54, 1.807) is 35.0 Å². The summed E-state index contributed by atoms with van der Waals surface area (Å²) < 4.78 is 34.5. The summed E-state index contributed by atoms with van der Waals surface area (Å²) in [7, 11) is -1.96. The van der Waals surface area contributed by atoms with Crippen LogP contribution in [0.1, 0.15) is 25.8 Å². The monoisotopic (exact) mass is 474 g/mol. The summed E-state index contributed by atoms with van der Waals surface area (Å²) in [5.74, 6) is 0.449. The lowest BCUT2D eigenvalue weighted by Gasteiger charge is -2.33. The number of nitrogens with zero attached hydrogens (tertiary/aromatic N) is 4. The summed E-state index contributed by atoms with van der Waals surface area (Å²) in [6, 6.07) is 9.15. The van der Waals surface area contributed by atoms with Crippen molar-refractivity contribution in [1.82, 2.24) is 19.0 Å². The molecule has 4 rings (SSSR count). The molecule has 0 unspecified atom stereocenters. The number of piperazine rings is 1. The number of methoxy groups -OCH3 is 1. The van der Waals surface area contributed by atoms with Gasteiger partial charge in [-0.15, -0.1) is 11.3 Å². The van der Waals surface area contributed by atoms with Gasteiger partial charge in [0.1, 0.15) is 11.4 Å². The van der Waals surface area contributed by atoms with Crippen molar-refractivity contribution in [3.8, 4) is 11.4 Å². The zero-order valence-electron chi connectivity index (χ0n) is 18.5. The van der Waals surface area contributed by atoms with E-state index in [-0.39, 0.29) is 19.0 Å². The smallest absolute Gasteiger partial charge is 0.274 e. The Hall–Kier alpha value is -2.69. The maximum absolute atomic E-state index is 13.0. The first-order valence-corrected chi connectivity index (χ1v) is 12.5. The van der Waals surface area contributed by atoms with E-state index < -0.39 is 10.0 Å². The van der Waals surface area contributed by atoms with Gasteiger partial charge in [0.2, 0.25) is 10.0 Å². The third kappa shape index (κ3) is 4.17. The van der Waals surface area contributed by atoms with Gasteiger partial charge in [-0.05, 0) is 50.6 Å². The van der Waals surface area contributed by atoms with Gasteiger partial charge in [0.15, 0.2) is 5.69 Å². The highest BCUT2D eigenvalue weighted by Gasteiger charge is 2.32. The number of sulfonamides is 1. The minimum absolute atomic E-state index is 0.213. The number of amides is 1. The normalized spacial score (nSPS) is 15.2. The first-order valence-electron chi connectivity index (χ1n) is 10.3. The molecule has 1 aliphatic rings. The number of ether oxygens (including phenoxy) is 1. The fourth-order valence-corrected chi connectivity index (χ4v) is 6.79. The van der Waals surface area contributed by atoms with Crippen molar-refractivity contribution < 1.29 is 17.9 Å². The number of rotatable bonds is 5. The van der Waals surface area contributed by atoms with E-state index in [4.69, 9.17) is 4.74 Å². The Morgan fingerprint density at radius 3 is 2.41 bits per heavy atom. The lowest BCUT2D eigenvalue weighted by atomic mass is 10.2. The van der Waals surface area contributed by atoms with Crippen LogP contribution in [0.4, 0.5) is 0 Å². The van der Waals surface area contributed by atoms with Crippen LogP contribution in [0.3, 0.4) is 0 Å². The Kier molecular flexibility index (Phi) is 6.11. The summed E-state index contributed by atoms with van der Waals surface area (Å²) in [5, 5.41) is 4.45. The van der Waals surface area contributed by atoms with Gasteiger partial charge in [0.05, 0.1) is 12.0 Å². The third-order valence-corrected chi connectivity index (χ3v) is 8.65. The Morgan fingerprint density at radius 1 is 1.06 bits per heavy atom. The highest BCUT2D eigenvalue weighted by molar-refractivity contribution is 7.89. The zero-order valence-corrected chi connectivity index (χ0v) is 20.2. The van der Waals surface area contributed by atoms with E-state index in [2.05, 4.69) is 5.10 Å². The average molecular weight is 475 g/mol. The molecule has 0 radical (unpaired) electrons. The fraction of sp³-hybridized carbons (Fsp3) is 0.364. The van der Waals surface area contributed by atoms with Crippen LogP contribution in [0.25, 0.3) is 5.69 Å². The van der Waals surface area contributed by atoms with Crippen LogP contribution in [0.2, 0.25) is 0 Å². The number of hydrogen-bond donors (Lipinski definition) is 0. The van der Waals surface area contributed by atoms with Crippen molar-refractivity contribution in [1.29, 1.82) is 0 Å². The molecule has 10 heteroatoms. The SMILES string of the molecule is COc1ccc(C)cc1-n1ccc(C(=O)N2CCN(S(=O)(=O)c3cc(C)sc3C)CC2)n1. The minimum Gasteiger partial charge on any atom is -0.494 e. The molecular weight excluding hydrogens is 448 g/mol.